The van der Waals surface area contributed by atoms with Gasteiger partial charge in [0.05, 0.1) is 12.1 Å². The second-order valence-corrected chi connectivity index (χ2v) is 6.30. The molecule has 100 valence electrons. The summed E-state index contributed by atoms with van der Waals surface area (Å²) in [6, 6.07) is 0. The van der Waals surface area contributed by atoms with Gasteiger partial charge in [0.2, 0.25) is 10.0 Å². The maximum atomic E-state index is 11.3. The third kappa shape index (κ3) is 5.50. The van der Waals surface area contributed by atoms with Gasteiger partial charge in [-0.2, -0.15) is 0 Å². The number of hydrogen-bond acceptors (Lipinski definition) is 4. The lowest BCUT2D eigenvalue weighted by molar-refractivity contribution is 0.424. The van der Waals surface area contributed by atoms with E-state index in [-0.39, 0.29) is 0 Å². The summed E-state index contributed by atoms with van der Waals surface area (Å²) >= 11 is 0. The Kier molecular flexibility index (Phi) is 5.91. The van der Waals surface area contributed by atoms with Crippen LogP contribution in [0.1, 0.15) is 32.6 Å². The maximum Gasteiger partial charge on any atom is 0.211 e. The number of nitrogens with zero attached hydrogens (tertiary/aromatic N) is 2. The molecule has 0 aromatic carbocycles. The fraction of sp³-hybridized carbons (Fsp3) is 0.909. The molecule has 0 aromatic heterocycles. The first-order valence-corrected chi connectivity index (χ1v) is 8.11. The Morgan fingerprint density at radius 2 is 2.18 bits per heavy atom. The van der Waals surface area contributed by atoms with Gasteiger partial charge in [-0.1, -0.05) is 6.92 Å². The molecule has 0 aromatic rings. The van der Waals surface area contributed by atoms with Crippen molar-refractivity contribution in [3.63, 3.8) is 0 Å². The third-order valence-corrected chi connectivity index (χ3v) is 4.24. The second-order valence-electron chi connectivity index (χ2n) is 4.32. The van der Waals surface area contributed by atoms with Crippen molar-refractivity contribution in [1.82, 2.24) is 9.62 Å². The minimum absolute atomic E-state index is 0.541. The molecule has 1 rings (SSSR count). The summed E-state index contributed by atoms with van der Waals surface area (Å²) in [5.41, 5.74) is 0. The van der Waals surface area contributed by atoms with Crippen LogP contribution in [0.5, 0.6) is 0 Å². The van der Waals surface area contributed by atoms with Crippen molar-refractivity contribution in [2.45, 2.75) is 32.6 Å². The van der Waals surface area contributed by atoms with Crippen LogP contribution in [0.3, 0.4) is 0 Å². The van der Waals surface area contributed by atoms with Crippen LogP contribution in [0.25, 0.3) is 0 Å². The van der Waals surface area contributed by atoms with Gasteiger partial charge in [-0.3, -0.25) is 4.99 Å². The number of amidine groups is 1. The monoisotopic (exact) mass is 261 g/mol. The third-order valence-electron chi connectivity index (χ3n) is 2.86. The molecule has 1 N–H and O–H groups in total. The van der Waals surface area contributed by atoms with Crippen LogP contribution in [-0.4, -0.2) is 51.0 Å². The molecule has 17 heavy (non-hydrogen) atoms. The average molecular weight is 261 g/mol. The van der Waals surface area contributed by atoms with Gasteiger partial charge in [0.1, 0.15) is 0 Å². The van der Waals surface area contributed by atoms with Crippen molar-refractivity contribution in [3.8, 4) is 0 Å². The summed E-state index contributed by atoms with van der Waals surface area (Å²) in [6.45, 7) is 4.70. The van der Waals surface area contributed by atoms with Crippen LogP contribution in [0, 0.1) is 0 Å². The molecule has 0 spiro atoms. The summed E-state index contributed by atoms with van der Waals surface area (Å²) in [5, 5.41) is 3.28. The Hall–Kier alpha value is -0.620. The SMILES string of the molecule is CCN(CCCNC1=NCCCC1)S(C)(=O)=O. The first kappa shape index (κ1) is 14.4. The number of nitrogens with one attached hydrogen (secondary N) is 1. The predicted molar refractivity (Wildman–Crippen MR) is 70.9 cm³/mol. The highest BCUT2D eigenvalue weighted by Gasteiger charge is 2.13. The molecule has 1 aliphatic heterocycles. The summed E-state index contributed by atoms with van der Waals surface area (Å²) in [4.78, 5) is 4.39. The Morgan fingerprint density at radius 1 is 1.41 bits per heavy atom. The Balaban J connectivity index is 2.21. The fourth-order valence-corrected chi connectivity index (χ4v) is 2.82. The van der Waals surface area contributed by atoms with Gasteiger partial charge in [-0.15, -0.1) is 0 Å². The molecule has 5 nitrogen and oxygen atoms in total. The summed E-state index contributed by atoms with van der Waals surface area (Å²) in [6.07, 6.45) is 5.50. The van der Waals surface area contributed by atoms with E-state index in [1.807, 2.05) is 6.92 Å². The predicted octanol–water partition coefficient (Wildman–Crippen LogP) is 0.830. The molecule has 0 aliphatic carbocycles. The van der Waals surface area contributed by atoms with E-state index in [2.05, 4.69) is 10.3 Å². The molecule has 1 heterocycles. The minimum Gasteiger partial charge on any atom is -0.374 e. The molecule has 1 aliphatic rings. The van der Waals surface area contributed by atoms with E-state index in [0.29, 0.717) is 13.1 Å². The second kappa shape index (κ2) is 6.96. The van der Waals surface area contributed by atoms with E-state index >= 15 is 0 Å². The lowest BCUT2D eigenvalue weighted by Crippen LogP contribution is -2.34. The summed E-state index contributed by atoms with van der Waals surface area (Å²) in [5.74, 6) is 1.08. The van der Waals surface area contributed by atoms with Gasteiger partial charge in [-0.25, -0.2) is 12.7 Å². The van der Waals surface area contributed by atoms with Gasteiger partial charge in [0.25, 0.3) is 0 Å². The van der Waals surface area contributed by atoms with Crippen LogP contribution in [0.2, 0.25) is 0 Å². The van der Waals surface area contributed by atoms with Crippen molar-refractivity contribution in [1.29, 1.82) is 0 Å². The molecular weight excluding hydrogens is 238 g/mol. The minimum atomic E-state index is -3.04. The van der Waals surface area contributed by atoms with Crippen molar-refractivity contribution in [3.05, 3.63) is 0 Å². The molecule has 6 heteroatoms. The van der Waals surface area contributed by atoms with Gasteiger partial charge in [-0.05, 0) is 19.3 Å². The van der Waals surface area contributed by atoms with Crippen molar-refractivity contribution in [2.75, 3.05) is 32.4 Å². The molecule has 0 fully saturated rings. The van der Waals surface area contributed by atoms with Crippen LogP contribution < -0.4 is 5.32 Å². The number of sulfonamides is 1. The smallest absolute Gasteiger partial charge is 0.211 e. The van der Waals surface area contributed by atoms with Crippen LogP contribution in [-0.2, 0) is 10.0 Å². The Bertz CT molecular complexity index is 352. The molecule has 0 atom stereocenters. The first-order chi connectivity index (χ1) is 8.04. The molecule has 0 saturated carbocycles. The normalized spacial score (nSPS) is 17.0. The Morgan fingerprint density at radius 3 is 2.71 bits per heavy atom. The lowest BCUT2D eigenvalue weighted by Gasteiger charge is -2.18. The largest absolute Gasteiger partial charge is 0.374 e. The van der Waals surface area contributed by atoms with Gasteiger partial charge < -0.3 is 5.32 Å². The van der Waals surface area contributed by atoms with E-state index in [1.54, 1.807) is 0 Å². The highest BCUT2D eigenvalue weighted by atomic mass is 32.2. The molecule has 0 amide bonds. The molecule has 0 radical (unpaired) electrons. The van der Waals surface area contributed by atoms with Crippen LogP contribution >= 0.6 is 0 Å². The van der Waals surface area contributed by atoms with Gasteiger partial charge >= 0.3 is 0 Å². The van der Waals surface area contributed by atoms with Crippen molar-refractivity contribution in [2.24, 2.45) is 4.99 Å². The first-order valence-electron chi connectivity index (χ1n) is 6.26. The topological polar surface area (TPSA) is 61.8 Å². The molecule has 0 saturated heterocycles. The van der Waals surface area contributed by atoms with Gasteiger partial charge in [0.15, 0.2) is 0 Å². The van der Waals surface area contributed by atoms with Gasteiger partial charge in [0, 0.05) is 32.6 Å². The quantitative estimate of drug-likeness (QED) is 0.720. The highest BCUT2D eigenvalue weighted by Crippen LogP contribution is 2.04. The van der Waals surface area contributed by atoms with E-state index in [4.69, 9.17) is 0 Å². The zero-order valence-electron chi connectivity index (χ0n) is 10.8. The van der Waals surface area contributed by atoms with E-state index < -0.39 is 10.0 Å². The van der Waals surface area contributed by atoms with Crippen molar-refractivity contribution < 1.29 is 8.42 Å². The Labute approximate surface area is 104 Å². The van der Waals surface area contributed by atoms with E-state index in [1.165, 1.54) is 23.4 Å². The molecule has 0 bridgehead atoms. The zero-order valence-corrected chi connectivity index (χ0v) is 11.6. The number of aliphatic imine (C=N–C) groups is 1. The fourth-order valence-electron chi connectivity index (χ4n) is 1.89. The van der Waals surface area contributed by atoms with Crippen LogP contribution in [0.4, 0.5) is 0 Å². The van der Waals surface area contributed by atoms with E-state index in [0.717, 1.165) is 31.8 Å². The summed E-state index contributed by atoms with van der Waals surface area (Å²) in [7, 11) is -3.04. The van der Waals surface area contributed by atoms with E-state index in [9.17, 15) is 8.42 Å². The number of hydrogen-bond donors (Lipinski definition) is 1. The summed E-state index contributed by atoms with van der Waals surface area (Å²) < 4.78 is 24.2. The lowest BCUT2D eigenvalue weighted by atomic mass is 10.2. The van der Waals surface area contributed by atoms with Crippen molar-refractivity contribution >= 4 is 15.9 Å². The molecule has 0 unspecified atom stereocenters. The van der Waals surface area contributed by atoms with Crippen LogP contribution in [0.15, 0.2) is 4.99 Å². The maximum absolute atomic E-state index is 11.3. The number of rotatable bonds is 6. The highest BCUT2D eigenvalue weighted by molar-refractivity contribution is 7.88. The zero-order chi connectivity index (χ0) is 12.7. The average Bonchev–Trinajstić information content (AvgIpc) is 2.28. The molecular formula is C11H23N3O2S. The standard InChI is InChI=1S/C11H23N3O2S/c1-3-14(17(2,15)16)10-6-9-13-11-7-4-5-8-12-11/h3-10H2,1-2H3,(H,12,13).